The molecule has 7 heteroatoms. The summed E-state index contributed by atoms with van der Waals surface area (Å²) in [5.41, 5.74) is -1.00. The molecular weight excluding hydrogens is 246 g/mol. The van der Waals surface area contributed by atoms with Crippen molar-refractivity contribution >= 4 is 5.97 Å². The Kier molecular flexibility index (Phi) is 3.37. The van der Waals surface area contributed by atoms with Crippen LogP contribution in [0, 0.1) is 5.41 Å². The van der Waals surface area contributed by atoms with E-state index in [4.69, 9.17) is 4.74 Å². The zero-order valence-corrected chi connectivity index (χ0v) is 11.1. The van der Waals surface area contributed by atoms with Crippen molar-refractivity contribution in [3.8, 4) is 0 Å². The van der Waals surface area contributed by atoms with Gasteiger partial charge in [0.2, 0.25) is 0 Å². The molecule has 0 spiro atoms. The van der Waals surface area contributed by atoms with Gasteiger partial charge >= 0.3 is 5.97 Å². The van der Waals surface area contributed by atoms with E-state index in [1.165, 1.54) is 0 Å². The van der Waals surface area contributed by atoms with E-state index < -0.39 is 11.1 Å². The van der Waals surface area contributed by atoms with Gasteiger partial charge < -0.3 is 4.74 Å². The summed E-state index contributed by atoms with van der Waals surface area (Å²) in [6.45, 7) is 5.30. The van der Waals surface area contributed by atoms with Crippen LogP contribution < -0.4 is 0 Å². The highest BCUT2D eigenvalue weighted by Gasteiger charge is 2.38. The van der Waals surface area contributed by atoms with Crippen molar-refractivity contribution in [3.63, 3.8) is 0 Å². The topological polar surface area (TPSA) is 88.6 Å². The summed E-state index contributed by atoms with van der Waals surface area (Å²) in [7, 11) is 0. The van der Waals surface area contributed by atoms with Gasteiger partial charge in [0.05, 0.1) is 5.41 Å². The van der Waals surface area contributed by atoms with Gasteiger partial charge in [-0.15, -0.1) is 10.2 Å². The molecule has 1 aromatic rings. The second-order valence-corrected chi connectivity index (χ2v) is 5.26. The van der Waals surface area contributed by atoms with Crippen molar-refractivity contribution in [2.24, 2.45) is 26.1 Å². The van der Waals surface area contributed by atoms with Gasteiger partial charge in [-0.1, -0.05) is 6.07 Å². The van der Waals surface area contributed by atoms with Crippen molar-refractivity contribution in [1.29, 1.82) is 0 Å². The summed E-state index contributed by atoms with van der Waals surface area (Å²) < 4.78 is 5.27. The van der Waals surface area contributed by atoms with Crippen LogP contribution in [0.25, 0.3) is 0 Å². The Labute approximate surface area is 110 Å². The van der Waals surface area contributed by atoms with E-state index in [1.54, 1.807) is 45.3 Å². The smallest absolute Gasteiger partial charge is 0.311 e. The van der Waals surface area contributed by atoms with Crippen LogP contribution in [0.2, 0.25) is 0 Å². The van der Waals surface area contributed by atoms with Gasteiger partial charge in [-0.2, -0.15) is 0 Å². The number of hydrogen-bond donors (Lipinski definition) is 0. The number of carbonyl (C=O) groups is 1. The van der Waals surface area contributed by atoms with E-state index in [-0.39, 0.29) is 12.6 Å². The van der Waals surface area contributed by atoms with E-state index >= 15 is 0 Å². The number of nitrogens with zero attached hydrogens (tertiary/aromatic N) is 5. The molecule has 0 atom stereocenters. The Morgan fingerprint density at radius 2 is 2.00 bits per heavy atom. The number of aromatic nitrogens is 1. The third-order valence-electron chi connectivity index (χ3n) is 2.60. The molecule has 0 bridgehead atoms. The molecule has 0 unspecified atom stereocenters. The first kappa shape index (κ1) is 13.3. The molecule has 0 aliphatic carbocycles. The maximum absolute atomic E-state index is 11.8. The average Bonchev–Trinajstić information content (AvgIpc) is 2.86. The lowest BCUT2D eigenvalue weighted by atomic mass is 9.97. The molecule has 0 saturated heterocycles. The van der Waals surface area contributed by atoms with Crippen molar-refractivity contribution in [2.75, 3.05) is 6.61 Å². The monoisotopic (exact) mass is 261 g/mol. The zero-order chi connectivity index (χ0) is 13.9. The van der Waals surface area contributed by atoms with Gasteiger partial charge in [0.15, 0.2) is 0 Å². The molecule has 0 fully saturated rings. The molecule has 1 aliphatic heterocycles. The lowest BCUT2D eigenvalue weighted by Gasteiger charge is -2.22. The number of ether oxygens (including phenoxy) is 1. The Morgan fingerprint density at radius 3 is 2.53 bits per heavy atom. The molecule has 7 nitrogen and oxygen atoms in total. The van der Waals surface area contributed by atoms with E-state index in [0.717, 1.165) is 0 Å². The van der Waals surface area contributed by atoms with Gasteiger partial charge in [-0.3, -0.25) is 9.78 Å². The van der Waals surface area contributed by atoms with Gasteiger partial charge in [-0.25, -0.2) is 0 Å². The highest BCUT2D eigenvalue weighted by atomic mass is 16.5. The summed E-state index contributed by atoms with van der Waals surface area (Å²) in [5, 5.41) is 15.0. The summed E-state index contributed by atoms with van der Waals surface area (Å²) in [6.07, 6.45) is 3.25. The Balaban J connectivity index is 2.17. The standard InChI is InChI=1S/C12H15N5O2/c1-11(2,3)10(18)19-8-12(14-16-17-15-12)9-5-4-6-13-7-9/h4-7H,8H2,1-3H3. The van der Waals surface area contributed by atoms with Crippen molar-refractivity contribution < 1.29 is 9.53 Å². The fraction of sp³-hybridized carbons (Fsp3) is 0.500. The second-order valence-electron chi connectivity index (χ2n) is 5.26. The molecule has 1 aromatic heterocycles. The minimum Gasteiger partial charge on any atom is -0.460 e. The Hall–Kier alpha value is -2.18. The van der Waals surface area contributed by atoms with Gasteiger partial charge in [-0.05, 0) is 37.3 Å². The minimum atomic E-state index is -1.10. The number of esters is 1. The van der Waals surface area contributed by atoms with E-state index in [0.29, 0.717) is 5.56 Å². The molecule has 0 radical (unpaired) electrons. The quantitative estimate of drug-likeness (QED) is 0.783. The van der Waals surface area contributed by atoms with Crippen LogP contribution in [0.5, 0.6) is 0 Å². The minimum absolute atomic E-state index is 0.0399. The van der Waals surface area contributed by atoms with Crippen LogP contribution in [-0.2, 0) is 15.2 Å². The fourth-order valence-corrected chi connectivity index (χ4v) is 1.45. The van der Waals surface area contributed by atoms with Gasteiger partial charge in [0.25, 0.3) is 5.66 Å². The molecule has 2 rings (SSSR count). The normalized spacial score (nSPS) is 16.6. The SMILES string of the molecule is CC(C)(C)C(=O)OCC1(c2cccnc2)N=NN=N1. The summed E-state index contributed by atoms with van der Waals surface area (Å²) in [5.74, 6) is -0.326. The summed E-state index contributed by atoms with van der Waals surface area (Å²) >= 11 is 0. The largest absolute Gasteiger partial charge is 0.460 e. The highest BCUT2D eigenvalue weighted by molar-refractivity contribution is 5.75. The fourth-order valence-electron chi connectivity index (χ4n) is 1.45. The molecule has 0 saturated carbocycles. The number of rotatable bonds is 3. The van der Waals surface area contributed by atoms with E-state index in [9.17, 15) is 4.79 Å². The van der Waals surface area contributed by atoms with Crippen LogP contribution in [0.15, 0.2) is 45.2 Å². The van der Waals surface area contributed by atoms with Crippen LogP contribution in [0.4, 0.5) is 0 Å². The van der Waals surface area contributed by atoms with Crippen molar-refractivity contribution in [1.82, 2.24) is 4.98 Å². The molecule has 2 heterocycles. The van der Waals surface area contributed by atoms with Gasteiger partial charge in [0.1, 0.15) is 6.61 Å². The van der Waals surface area contributed by atoms with E-state index in [1.807, 2.05) is 0 Å². The first-order valence-electron chi connectivity index (χ1n) is 5.86. The predicted molar refractivity (Wildman–Crippen MR) is 66.0 cm³/mol. The Morgan fingerprint density at radius 1 is 1.32 bits per heavy atom. The summed E-state index contributed by atoms with van der Waals surface area (Å²) in [6, 6.07) is 3.55. The Bertz CT molecular complexity index is 507. The maximum Gasteiger partial charge on any atom is 0.311 e. The first-order valence-corrected chi connectivity index (χ1v) is 5.86. The number of pyridine rings is 1. The average molecular weight is 261 g/mol. The molecule has 0 N–H and O–H groups in total. The van der Waals surface area contributed by atoms with Crippen LogP contribution >= 0.6 is 0 Å². The van der Waals surface area contributed by atoms with Crippen molar-refractivity contribution in [2.45, 2.75) is 26.4 Å². The third kappa shape index (κ3) is 2.81. The van der Waals surface area contributed by atoms with Crippen LogP contribution in [-0.4, -0.2) is 17.6 Å². The van der Waals surface area contributed by atoms with Crippen LogP contribution in [0.3, 0.4) is 0 Å². The van der Waals surface area contributed by atoms with Crippen molar-refractivity contribution in [3.05, 3.63) is 30.1 Å². The zero-order valence-electron chi connectivity index (χ0n) is 11.1. The molecular formula is C12H15N5O2. The van der Waals surface area contributed by atoms with E-state index in [2.05, 4.69) is 25.7 Å². The number of hydrogen-bond acceptors (Lipinski definition) is 7. The molecule has 100 valence electrons. The molecule has 19 heavy (non-hydrogen) atoms. The first-order chi connectivity index (χ1) is 8.94. The molecule has 0 aromatic carbocycles. The summed E-state index contributed by atoms with van der Waals surface area (Å²) in [4.78, 5) is 15.8. The third-order valence-corrected chi connectivity index (χ3v) is 2.60. The second kappa shape index (κ2) is 4.83. The lowest BCUT2D eigenvalue weighted by molar-refractivity contribution is -0.154. The highest BCUT2D eigenvalue weighted by Crippen LogP contribution is 2.32. The predicted octanol–water partition coefficient (Wildman–Crippen LogP) is 2.66. The van der Waals surface area contributed by atoms with Gasteiger partial charge in [0, 0.05) is 18.0 Å². The number of carbonyl (C=O) groups excluding carboxylic acids is 1. The lowest BCUT2D eigenvalue weighted by Crippen LogP contribution is -2.31. The van der Waals surface area contributed by atoms with Crippen LogP contribution in [0.1, 0.15) is 26.3 Å². The molecule has 0 amide bonds. The molecule has 1 aliphatic rings. The maximum atomic E-state index is 11.8.